The highest BCUT2D eigenvalue weighted by Gasteiger charge is 2.29. The SMILES string of the molecule is N#Cc1c(F)c(F)c(-c2ccccc2-c2nc3ccccc3c3c2ccc2nc(-c4ccccc4)c(-c4ccccc4)nc23)c(F)c1F. The molecule has 0 unspecified atom stereocenters. The van der Waals surface area contributed by atoms with Gasteiger partial charge in [-0.2, -0.15) is 5.26 Å². The van der Waals surface area contributed by atoms with E-state index in [0.717, 1.165) is 16.5 Å². The standard InChI is InChI=1S/C40H20F4N4/c41-33-28(21-45)34(42)36(44)32(35(33)43)24-15-7-8-16-25(24)39-27-19-20-30-40(31(27)26-17-9-10-18-29(26)46-39)48-38(23-13-5-2-6-14-23)37(47-30)22-11-3-1-4-12-22/h1-20H. The van der Waals surface area contributed by atoms with Crippen molar-refractivity contribution in [3.63, 3.8) is 0 Å². The summed E-state index contributed by atoms with van der Waals surface area (Å²) in [5, 5.41) is 11.2. The minimum Gasteiger partial charge on any atom is -0.247 e. The third-order valence-corrected chi connectivity index (χ3v) is 8.42. The van der Waals surface area contributed by atoms with Gasteiger partial charge in [0.25, 0.3) is 0 Å². The Morgan fingerprint density at radius 1 is 0.458 bits per heavy atom. The summed E-state index contributed by atoms with van der Waals surface area (Å²) in [7, 11) is 0. The first-order valence-electron chi connectivity index (χ1n) is 15.0. The van der Waals surface area contributed by atoms with Crippen LogP contribution in [0.25, 0.3) is 77.6 Å². The molecule has 0 atom stereocenters. The zero-order valence-corrected chi connectivity index (χ0v) is 24.8. The third kappa shape index (κ3) is 4.48. The van der Waals surface area contributed by atoms with Crippen molar-refractivity contribution >= 4 is 32.7 Å². The number of benzene rings is 6. The summed E-state index contributed by atoms with van der Waals surface area (Å²) >= 11 is 0. The second-order valence-corrected chi connectivity index (χ2v) is 11.1. The van der Waals surface area contributed by atoms with Crippen molar-refractivity contribution < 1.29 is 17.6 Å². The van der Waals surface area contributed by atoms with Crippen molar-refractivity contribution in [2.45, 2.75) is 0 Å². The predicted molar refractivity (Wildman–Crippen MR) is 179 cm³/mol. The zero-order chi connectivity index (χ0) is 32.9. The highest BCUT2D eigenvalue weighted by molar-refractivity contribution is 6.21. The van der Waals surface area contributed by atoms with Gasteiger partial charge in [-0.15, -0.1) is 0 Å². The van der Waals surface area contributed by atoms with Crippen LogP contribution in [0.2, 0.25) is 0 Å². The van der Waals surface area contributed by atoms with Gasteiger partial charge >= 0.3 is 0 Å². The van der Waals surface area contributed by atoms with E-state index >= 15 is 8.78 Å². The minimum absolute atomic E-state index is 0.130. The molecule has 0 saturated carbocycles. The molecule has 0 amide bonds. The minimum atomic E-state index is -1.76. The molecule has 0 N–H and O–H groups in total. The number of hydrogen-bond acceptors (Lipinski definition) is 4. The van der Waals surface area contributed by atoms with Crippen LogP contribution >= 0.6 is 0 Å². The average Bonchev–Trinajstić information content (AvgIpc) is 3.14. The Kier molecular flexibility index (Phi) is 6.89. The highest BCUT2D eigenvalue weighted by Crippen LogP contribution is 2.43. The van der Waals surface area contributed by atoms with Crippen LogP contribution in [0, 0.1) is 34.6 Å². The van der Waals surface area contributed by atoms with Crippen LogP contribution in [0.3, 0.4) is 0 Å². The van der Waals surface area contributed by atoms with Crippen molar-refractivity contribution in [2.24, 2.45) is 0 Å². The molecule has 0 aliphatic carbocycles. The molecule has 0 bridgehead atoms. The molecule has 2 aromatic heterocycles. The van der Waals surface area contributed by atoms with E-state index in [1.165, 1.54) is 18.2 Å². The van der Waals surface area contributed by atoms with Gasteiger partial charge < -0.3 is 0 Å². The lowest BCUT2D eigenvalue weighted by Crippen LogP contribution is -2.05. The van der Waals surface area contributed by atoms with Gasteiger partial charge in [-0.25, -0.2) is 32.5 Å². The molecule has 0 saturated heterocycles. The molecule has 0 aliphatic rings. The summed E-state index contributed by atoms with van der Waals surface area (Å²) in [5.74, 6) is -6.86. The van der Waals surface area contributed by atoms with E-state index in [0.29, 0.717) is 44.4 Å². The Hall–Kier alpha value is -6.46. The fourth-order valence-corrected chi connectivity index (χ4v) is 6.23. The molecule has 48 heavy (non-hydrogen) atoms. The summed E-state index contributed by atoms with van der Waals surface area (Å²) in [4.78, 5) is 15.3. The van der Waals surface area contributed by atoms with Crippen molar-refractivity contribution in [3.05, 3.63) is 150 Å². The molecule has 0 aliphatic heterocycles. The molecule has 0 spiro atoms. The van der Waals surface area contributed by atoms with Crippen LogP contribution in [-0.2, 0) is 0 Å². The summed E-state index contributed by atoms with van der Waals surface area (Å²) in [6.07, 6.45) is 0. The van der Waals surface area contributed by atoms with E-state index in [1.54, 1.807) is 12.1 Å². The first kappa shape index (κ1) is 29.0. The lowest BCUT2D eigenvalue weighted by atomic mass is 9.91. The van der Waals surface area contributed by atoms with Gasteiger partial charge in [0.15, 0.2) is 23.3 Å². The topological polar surface area (TPSA) is 62.5 Å². The average molecular weight is 633 g/mol. The normalized spacial score (nSPS) is 11.3. The van der Waals surface area contributed by atoms with Crippen molar-refractivity contribution in [1.29, 1.82) is 5.26 Å². The number of pyridine rings is 1. The van der Waals surface area contributed by atoms with Crippen molar-refractivity contribution in [1.82, 2.24) is 15.0 Å². The summed E-state index contributed by atoms with van der Waals surface area (Å²) in [6.45, 7) is 0. The van der Waals surface area contributed by atoms with Gasteiger partial charge in [-0.05, 0) is 23.8 Å². The Labute approximate surface area is 271 Å². The molecule has 0 fully saturated rings. The van der Waals surface area contributed by atoms with E-state index in [2.05, 4.69) is 0 Å². The molecule has 228 valence electrons. The van der Waals surface area contributed by atoms with E-state index < -0.39 is 34.4 Å². The predicted octanol–water partition coefficient (Wildman–Crippen LogP) is 10.4. The first-order valence-corrected chi connectivity index (χ1v) is 15.0. The maximum absolute atomic E-state index is 15.5. The maximum atomic E-state index is 15.5. The second kappa shape index (κ2) is 11.4. The monoisotopic (exact) mass is 632 g/mol. The molecular weight excluding hydrogens is 612 g/mol. The van der Waals surface area contributed by atoms with Gasteiger partial charge in [-0.3, -0.25) is 0 Å². The summed E-state index contributed by atoms with van der Waals surface area (Å²) in [6, 6.07) is 37.9. The molecule has 8 aromatic rings. The molecule has 4 nitrogen and oxygen atoms in total. The van der Waals surface area contributed by atoms with E-state index in [9.17, 15) is 8.78 Å². The maximum Gasteiger partial charge on any atom is 0.180 e. The van der Waals surface area contributed by atoms with Crippen LogP contribution in [0.1, 0.15) is 5.56 Å². The lowest BCUT2D eigenvalue weighted by Gasteiger charge is -2.17. The molecule has 8 heteroatoms. The zero-order valence-electron chi connectivity index (χ0n) is 24.8. The number of nitriles is 1. The fourth-order valence-electron chi connectivity index (χ4n) is 6.23. The van der Waals surface area contributed by atoms with Crippen LogP contribution in [0.15, 0.2) is 121 Å². The van der Waals surface area contributed by atoms with Crippen LogP contribution in [0.5, 0.6) is 0 Å². The number of hydrogen-bond donors (Lipinski definition) is 0. The quantitative estimate of drug-likeness (QED) is 0.110. The number of para-hydroxylation sites is 1. The van der Waals surface area contributed by atoms with E-state index in [-0.39, 0.29) is 11.1 Å². The Morgan fingerprint density at radius 3 is 1.65 bits per heavy atom. The highest BCUT2D eigenvalue weighted by atomic mass is 19.2. The Bertz CT molecular complexity index is 2590. The molecule has 8 rings (SSSR count). The Morgan fingerprint density at radius 2 is 1.00 bits per heavy atom. The number of rotatable bonds is 4. The fraction of sp³-hybridized carbons (Fsp3) is 0. The molecule has 2 heterocycles. The molecule has 0 radical (unpaired) electrons. The smallest absolute Gasteiger partial charge is 0.180 e. The van der Waals surface area contributed by atoms with E-state index in [1.807, 2.05) is 97.1 Å². The van der Waals surface area contributed by atoms with Gasteiger partial charge in [0.1, 0.15) is 11.6 Å². The lowest BCUT2D eigenvalue weighted by molar-refractivity contribution is 0.454. The number of fused-ring (bicyclic) bond motifs is 5. The van der Waals surface area contributed by atoms with Gasteiger partial charge in [0, 0.05) is 32.8 Å². The van der Waals surface area contributed by atoms with Crippen molar-refractivity contribution in [3.8, 4) is 51.0 Å². The summed E-state index contributed by atoms with van der Waals surface area (Å²) in [5.41, 5.74) is 3.05. The van der Waals surface area contributed by atoms with Gasteiger partial charge in [-0.1, -0.05) is 103 Å². The Balaban J connectivity index is 1.49. The number of halogens is 4. The van der Waals surface area contributed by atoms with E-state index in [4.69, 9.17) is 20.2 Å². The van der Waals surface area contributed by atoms with Gasteiger partial charge in [0.2, 0.25) is 0 Å². The van der Waals surface area contributed by atoms with Crippen LogP contribution in [0.4, 0.5) is 17.6 Å². The van der Waals surface area contributed by atoms with Crippen LogP contribution < -0.4 is 0 Å². The second-order valence-electron chi connectivity index (χ2n) is 11.1. The molecular formula is C40H20F4N4. The summed E-state index contributed by atoms with van der Waals surface area (Å²) < 4.78 is 60.6. The largest absolute Gasteiger partial charge is 0.247 e. The van der Waals surface area contributed by atoms with Gasteiger partial charge in [0.05, 0.1) is 39.2 Å². The van der Waals surface area contributed by atoms with Crippen molar-refractivity contribution in [2.75, 3.05) is 0 Å². The number of aromatic nitrogens is 3. The molecule has 6 aromatic carbocycles. The first-order chi connectivity index (χ1) is 23.5. The third-order valence-electron chi connectivity index (χ3n) is 8.42. The van der Waals surface area contributed by atoms with Crippen LogP contribution in [-0.4, -0.2) is 15.0 Å². The number of nitrogens with zero attached hydrogens (tertiary/aromatic N) is 4.